The molecule has 2 aliphatic heterocycles. The molecule has 0 saturated carbocycles. The fourth-order valence-electron chi connectivity index (χ4n) is 5.53. The van der Waals surface area contributed by atoms with Crippen molar-refractivity contribution in [2.45, 2.75) is 72.4 Å². The van der Waals surface area contributed by atoms with Crippen molar-refractivity contribution in [3.8, 4) is 0 Å². The highest BCUT2D eigenvalue weighted by Crippen LogP contribution is 2.45. The number of hydrogen-bond donors (Lipinski definition) is 4. The van der Waals surface area contributed by atoms with Crippen molar-refractivity contribution in [1.29, 1.82) is 0 Å². The average molecular weight is 735 g/mol. The lowest BCUT2D eigenvalue weighted by Gasteiger charge is -2.23. The van der Waals surface area contributed by atoms with Crippen molar-refractivity contribution in [2.24, 2.45) is 0 Å². The standard InChI is InChI=1S/C20H25N3O5S.C13H21N3O4S/c1-3-14-16(24)17(28-12-11-27-2)19(29-14)23-10-9-15(22-20(23)26)21-18(25)13-7-5-4-6-8-13;1-3-8-10(17)11(20-7-6-19-2)12(21-8)16-5-4-9(14)15-13(16)18/h4-10,14,16-17,19,24H,3,11-12H2,1-2H3,(H,21,22,25,26);4-5,8,10-12,17H,3,6-7H2,1-2H3,(H2,14,15,18)/t14-,16+,17?,19-;8-,10+,11?,12-/m11/s1. The van der Waals surface area contributed by atoms with Crippen LogP contribution in [0.2, 0.25) is 0 Å². The number of benzene rings is 1. The summed E-state index contributed by atoms with van der Waals surface area (Å²) in [4.78, 5) is 44.6. The van der Waals surface area contributed by atoms with Gasteiger partial charge in [0.25, 0.3) is 5.91 Å². The molecule has 8 atom stereocenters. The number of nitrogen functional groups attached to an aromatic ring is 1. The van der Waals surface area contributed by atoms with E-state index in [4.69, 9.17) is 24.7 Å². The van der Waals surface area contributed by atoms with Gasteiger partial charge < -0.3 is 40.2 Å². The number of aliphatic hydroxyl groups is 2. The summed E-state index contributed by atoms with van der Waals surface area (Å²) in [6, 6.07) is 11.8. The van der Waals surface area contributed by atoms with Gasteiger partial charge in [0.2, 0.25) is 0 Å². The van der Waals surface area contributed by atoms with Crippen LogP contribution in [0.25, 0.3) is 0 Å². The molecule has 15 nitrogen and oxygen atoms in total. The van der Waals surface area contributed by atoms with Gasteiger partial charge in [-0.2, -0.15) is 9.97 Å². The van der Waals surface area contributed by atoms with Crippen molar-refractivity contribution in [2.75, 3.05) is 51.7 Å². The Morgan fingerprint density at radius 3 is 1.76 bits per heavy atom. The molecule has 17 heteroatoms. The van der Waals surface area contributed by atoms with Gasteiger partial charge in [-0.15, -0.1) is 23.5 Å². The van der Waals surface area contributed by atoms with E-state index in [-0.39, 0.29) is 33.4 Å². The van der Waals surface area contributed by atoms with Gasteiger partial charge in [-0.1, -0.05) is 32.0 Å². The minimum absolute atomic E-state index is 0.0204. The molecule has 0 radical (unpaired) electrons. The monoisotopic (exact) mass is 734 g/mol. The minimum atomic E-state index is -0.698. The predicted octanol–water partition coefficient (Wildman–Crippen LogP) is 2.15. The van der Waals surface area contributed by atoms with E-state index in [1.807, 2.05) is 19.9 Å². The number of nitrogens with one attached hydrogen (secondary N) is 1. The van der Waals surface area contributed by atoms with Crippen molar-refractivity contribution >= 4 is 41.1 Å². The van der Waals surface area contributed by atoms with E-state index in [0.29, 0.717) is 32.0 Å². The van der Waals surface area contributed by atoms with Crippen LogP contribution in [0, 0.1) is 0 Å². The zero-order valence-corrected chi connectivity index (χ0v) is 30.1. The first-order valence-corrected chi connectivity index (χ1v) is 18.2. The molecule has 2 fully saturated rings. The Kier molecular flexibility index (Phi) is 15.3. The molecule has 0 spiro atoms. The van der Waals surface area contributed by atoms with Crippen LogP contribution in [-0.4, -0.2) is 111 Å². The minimum Gasteiger partial charge on any atom is -0.389 e. The zero-order chi connectivity index (χ0) is 36.2. The highest BCUT2D eigenvalue weighted by molar-refractivity contribution is 8.00. The maximum absolute atomic E-state index is 12.6. The van der Waals surface area contributed by atoms with E-state index in [2.05, 4.69) is 15.3 Å². The summed E-state index contributed by atoms with van der Waals surface area (Å²) >= 11 is 3.01. The lowest BCUT2D eigenvalue weighted by Crippen LogP contribution is -2.38. The summed E-state index contributed by atoms with van der Waals surface area (Å²) in [6.07, 6.45) is 2.36. The van der Waals surface area contributed by atoms with Gasteiger partial charge in [0, 0.05) is 42.7 Å². The number of anilines is 2. The van der Waals surface area contributed by atoms with Crippen LogP contribution in [-0.2, 0) is 18.9 Å². The summed E-state index contributed by atoms with van der Waals surface area (Å²) in [6.45, 7) is 5.50. The molecule has 5 N–H and O–H groups in total. The number of nitrogens with two attached hydrogens (primary N) is 1. The van der Waals surface area contributed by atoms with E-state index in [1.54, 1.807) is 63.0 Å². The highest BCUT2D eigenvalue weighted by Gasteiger charge is 2.45. The molecule has 2 aromatic heterocycles. The third-order valence-electron chi connectivity index (χ3n) is 8.13. The number of thioether (sulfide) groups is 2. The van der Waals surface area contributed by atoms with Crippen LogP contribution in [0.1, 0.15) is 47.8 Å². The fraction of sp³-hybridized carbons (Fsp3) is 0.545. The van der Waals surface area contributed by atoms with Crippen LogP contribution in [0.3, 0.4) is 0 Å². The number of ether oxygens (including phenoxy) is 4. The molecule has 1 aromatic carbocycles. The van der Waals surface area contributed by atoms with Crippen molar-refractivity contribution in [3.63, 3.8) is 0 Å². The Morgan fingerprint density at radius 2 is 1.30 bits per heavy atom. The molecule has 0 aliphatic carbocycles. The Morgan fingerprint density at radius 1 is 0.800 bits per heavy atom. The molecule has 50 heavy (non-hydrogen) atoms. The molecular weight excluding hydrogens is 689 g/mol. The quantitative estimate of drug-likeness (QED) is 0.176. The number of amides is 1. The maximum Gasteiger partial charge on any atom is 0.350 e. The normalized spacial score (nSPS) is 26.0. The molecule has 0 bridgehead atoms. The van der Waals surface area contributed by atoms with Gasteiger partial charge in [-0.05, 0) is 37.1 Å². The molecule has 2 saturated heterocycles. The van der Waals surface area contributed by atoms with Gasteiger partial charge in [0.1, 0.15) is 34.6 Å². The van der Waals surface area contributed by atoms with Crippen LogP contribution in [0.5, 0.6) is 0 Å². The number of carbonyl (C=O) groups is 1. The second-order valence-corrected chi connectivity index (χ2v) is 14.2. The number of aromatic nitrogens is 4. The molecule has 2 aliphatic rings. The zero-order valence-electron chi connectivity index (χ0n) is 28.5. The van der Waals surface area contributed by atoms with Gasteiger partial charge in [-0.25, -0.2) is 9.59 Å². The molecule has 1 amide bonds. The first-order chi connectivity index (χ1) is 24.1. The maximum atomic E-state index is 12.6. The third kappa shape index (κ3) is 9.94. The van der Waals surface area contributed by atoms with E-state index >= 15 is 0 Å². The smallest absolute Gasteiger partial charge is 0.350 e. The number of rotatable bonds is 14. The lowest BCUT2D eigenvalue weighted by molar-refractivity contribution is -0.0537. The fourth-order valence-corrected chi connectivity index (χ4v) is 8.63. The second-order valence-electron chi connectivity index (χ2n) is 11.4. The van der Waals surface area contributed by atoms with Crippen LogP contribution in [0.15, 0.2) is 64.4 Å². The van der Waals surface area contributed by atoms with Crippen LogP contribution >= 0.6 is 23.5 Å². The van der Waals surface area contributed by atoms with E-state index in [9.17, 15) is 24.6 Å². The first kappa shape index (κ1) is 39.5. The van der Waals surface area contributed by atoms with Gasteiger partial charge in [0.15, 0.2) is 0 Å². The summed E-state index contributed by atoms with van der Waals surface area (Å²) < 4.78 is 24.4. The Balaban J connectivity index is 0.000000237. The summed E-state index contributed by atoms with van der Waals surface area (Å²) in [5.41, 5.74) is 5.04. The van der Waals surface area contributed by atoms with Crippen molar-refractivity contribution < 1.29 is 34.0 Å². The lowest BCUT2D eigenvalue weighted by atomic mass is 10.1. The number of aliphatic hydroxyl groups excluding tert-OH is 2. The Labute approximate surface area is 298 Å². The first-order valence-electron chi connectivity index (χ1n) is 16.3. The van der Waals surface area contributed by atoms with Crippen molar-refractivity contribution in [3.05, 3.63) is 81.4 Å². The largest absolute Gasteiger partial charge is 0.389 e. The van der Waals surface area contributed by atoms with E-state index in [0.717, 1.165) is 12.8 Å². The SMILES string of the molecule is CC[C@H]1S[C@@H](n2ccc(N)nc2=O)C(OCCOC)[C@H]1O.CC[C@H]1S[C@@H](n2ccc(NC(=O)c3ccccc3)nc2=O)C(OCCOC)[C@H]1O. The molecule has 274 valence electrons. The summed E-state index contributed by atoms with van der Waals surface area (Å²) in [7, 11) is 3.16. The summed E-state index contributed by atoms with van der Waals surface area (Å²) in [5.74, 6) is 0.0176. The summed E-state index contributed by atoms with van der Waals surface area (Å²) in [5, 5.41) is 22.8. The number of methoxy groups -OCH3 is 2. The number of hydrogen-bond acceptors (Lipinski definition) is 14. The Hall–Kier alpha value is -3.29. The average Bonchev–Trinajstić information content (AvgIpc) is 3.60. The predicted molar refractivity (Wildman–Crippen MR) is 192 cm³/mol. The van der Waals surface area contributed by atoms with Gasteiger partial charge >= 0.3 is 11.4 Å². The third-order valence-corrected chi connectivity index (χ3v) is 11.6. The van der Waals surface area contributed by atoms with Gasteiger partial charge in [-0.3, -0.25) is 13.9 Å². The van der Waals surface area contributed by atoms with Crippen LogP contribution in [0.4, 0.5) is 11.6 Å². The van der Waals surface area contributed by atoms with E-state index in [1.165, 1.54) is 32.7 Å². The highest BCUT2D eigenvalue weighted by atomic mass is 32.2. The number of carbonyl (C=O) groups excluding carboxylic acids is 1. The topological polar surface area (TPSA) is 202 Å². The molecular formula is C33H46N6O9S2. The molecule has 2 unspecified atom stereocenters. The Bertz CT molecular complexity index is 1630. The number of nitrogens with zero attached hydrogens (tertiary/aromatic N) is 4. The second kappa shape index (κ2) is 19.4. The van der Waals surface area contributed by atoms with Crippen LogP contribution < -0.4 is 22.4 Å². The van der Waals surface area contributed by atoms with Gasteiger partial charge in [0.05, 0.1) is 38.6 Å². The molecule has 5 rings (SSSR count). The van der Waals surface area contributed by atoms with Crippen molar-refractivity contribution in [1.82, 2.24) is 19.1 Å². The molecule has 4 heterocycles. The van der Waals surface area contributed by atoms with E-state index < -0.39 is 41.2 Å². The molecule has 3 aromatic rings.